The lowest BCUT2D eigenvalue weighted by atomic mass is 10.2. The monoisotopic (exact) mass is 242 g/mol. The maximum Gasteiger partial charge on any atom is 0.331 e. The number of carboxylic acid groups (broad SMARTS) is 1. The van der Waals surface area contributed by atoms with Gasteiger partial charge in [-0.2, -0.15) is 5.10 Å². The summed E-state index contributed by atoms with van der Waals surface area (Å²) in [5.41, 5.74) is 2.01. The Morgan fingerprint density at radius 1 is 1.56 bits per heavy atom. The van der Waals surface area contributed by atoms with Gasteiger partial charge in [-0.3, -0.25) is 4.68 Å². The number of aromatic nitrogens is 2. The van der Waals surface area contributed by atoms with E-state index in [1.54, 1.807) is 10.8 Å². The first kappa shape index (κ1) is 12.8. The Morgan fingerprint density at radius 2 is 2.19 bits per heavy atom. The zero-order chi connectivity index (χ0) is 12.3. The van der Waals surface area contributed by atoms with Crippen LogP contribution in [-0.2, 0) is 11.3 Å². The fourth-order valence-electron chi connectivity index (χ4n) is 1.43. The average Bonchev–Trinajstić information content (AvgIpc) is 2.47. The highest BCUT2D eigenvalue weighted by Crippen LogP contribution is 2.19. The standard InChI is InChI=1S/C11H15ClN2O2/c1-4-9(11(15)16)5-6-14-8(3)10(12)7(2)13-14/h5H,4,6H2,1-3H3,(H,15,16). The second-order valence-electron chi connectivity index (χ2n) is 3.55. The van der Waals surface area contributed by atoms with Gasteiger partial charge in [-0.15, -0.1) is 0 Å². The number of aryl methyl sites for hydroxylation is 1. The van der Waals surface area contributed by atoms with E-state index >= 15 is 0 Å². The molecule has 1 aromatic heterocycles. The molecule has 16 heavy (non-hydrogen) atoms. The minimum absolute atomic E-state index is 0.392. The van der Waals surface area contributed by atoms with Gasteiger partial charge < -0.3 is 5.11 Å². The highest BCUT2D eigenvalue weighted by molar-refractivity contribution is 6.31. The molecule has 0 aliphatic rings. The second kappa shape index (κ2) is 5.16. The van der Waals surface area contributed by atoms with Crippen LogP contribution in [0.1, 0.15) is 24.7 Å². The van der Waals surface area contributed by atoms with E-state index in [4.69, 9.17) is 16.7 Å². The SMILES string of the molecule is CCC(=CCn1nc(C)c(Cl)c1C)C(=O)O. The molecule has 5 heteroatoms. The number of allylic oxidation sites excluding steroid dienone is 1. The van der Waals surface area contributed by atoms with Gasteiger partial charge in [0.15, 0.2) is 0 Å². The number of hydrogen-bond acceptors (Lipinski definition) is 2. The highest BCUT2D eigenvalue weighted by atomic mass is 35.5. The van der Waals surface area contributed by atoms with Crippen molar-refractivity contribution >= 4 is 17.6 Å². The molecule has 0 bridgehead atoms. The van der Waals surface area contributed by atoms with Gasteiger partial charge in [0.25, 0.3) is 0 Å². The summed E-state index contributed by atoms with van der Waals surface area (Å²) in [6.07, 6.45) is 2.17. The summed E-state index contributed by atoms with van der Waals surface area (Å²) in [5, 5.41) is 13.7. The van der Waals surface area contributed by atoms with Crippen LogP contribution in [0.2, 0.25) is 5.02 Å². The third-order valence-electron chi connectivity index (χ3n) is 2.46. The molecule has 0 atom stereocenters. The third kappa shape index (κ3) is 2.64. The topological polar surface area (TPSA) is 55.1 Å². The number of carbonyl (C=O) groups is 1. The van der Waals surface area contributed by atoms with Gasteiger partial charge in [-0.1, -0.05) is 24.6 Å². The maximum absolute atomic E-state index is 10.8. The van der Waals surface area contributed by atoms with Crippen LogP contribution < -0.4 is 0 Å². The number of carboxylic acids is 1. The normalized spacial score (nSPS) is 11.9. The zero-order valence-electron chi connectivity index (χ0n) is 9.62. The van der Waals surface area contributed by atoms with Crippen LogP contribution in [0.15, 0.2) is 11.6 Å². The van der Waals surface area contributed by atoms with Gasteiger partial charge in [0.1, 0.15) is 0 Å². The molecule has 0 fully saturated rings. The number of rotatable bonds is 4. The van der Waals surface area contributed by atoms with Crippen molar-refractivity contribution < 1.29 is 9.90 Å². The summed E-state index contributed by atoms with van der Waals surface area (Å²) in [4.78, 5) is 10.8. The molecule has 1 heterocycles. The average molecular weight is 243 g/mol. The number of halogens is 1. The van der Waals surface area contributed by atoms with Gasteiger partial charge in [0.2, 0.25) is 0 Å². The predicted octanol–water partition coefficient (Wildman–Crippen LogP) is 2.57. The summed E-state index contributed by atoms with van der Waals surface area (Å²) in [6.45, 7) is 5.94. The smallest absolute Gasteiger partial charge is 0.331 e. The molecule has 0 radical (unpaired) electrons. The Hall–Kier alpha value is -1.29. The van der Waals surface area contributed by atoms with E-state index in [1.165, 1.54) is 0 Å². The summed E-state index contributed by atoms with van der Waals surface area (Å²) in [5.74, 6) is -0.880. The van der Waals surface area contributed by atoms with Crippen LogP contribution in [-0.4, -0.2) is 20.9 Å². The summed E-state index contributed by atoms with van der Waals surface area (Å²) < 4.78 is 1.70. The molecule has 1 aromatic rings. The lowest BCUT2D eigenvalue weighted by Gasteiger charge is -2.01. The zero-order valence-corrected chi connectivity index (χ0v) is 10.4. The molecule has 0 aliphatic carbocycles. The van der Waals surface area contributed by atoms with Crippen molar-refractivity contribution in [3.63, 3.8) is 0 Å². The maximum atomic E-state index is 10.8. The van der Waals surface area contributed by atoms with Crippen LogP contribution in [0.4, 0.5) is 0 Å². The summed E-state index contributed by atoms with van der Waals surface area (Å²) in [6, 6.07) is 0. The van der Waals surface area contributed by atoms with Crippen LogP contribution in [0, 0.1) is 13.8 Å². The molecule has 0 amide bonds. The number of nitrogens with zero attached hydrogens (tertiary/aromatic N) is 2. The number of hydrogen-bond donors (Lipinski definition) is 1. The van der Waals surface area contributed by atoms with E-state index in [0.717, 1.165) is 11.4 Å². The molecule has 1 N–H and O–H groups in total. The van der Waals surface area contributed by atoms with Gasteiger partial charge in [0, 0.05) is 5.57 Å². The quantitative estimate of drug-likeness (QED) is 0.826. The van der Waals surface area contributed by atoms with E-state index in [2.05, 4.69) is 5.10 Å². The van der Waals surface area contributed by atoms with Crippen molar-refractivity contribution in [2.24, 2.45) is 0 Å². The molecule has 0 saturated carbocycles. The fraction of sp³-hybridized carbons (Fsp3) is 0.455. The molecule has 0 spiro atoms. The molecule has 0 aromatic carbocycles. The molecule has 0 unspecified atom stereocenters. The second-order valence-corrected chi connectivity index (χ2v) is 3.93. The fourth-order valence-corrected chi connectivity index (χ4v) is 1.57. The van der Waals surface area contributed by atoms with Crippen molar-refractivity contribution in [2.75, 3.05) is 0 Å². The predicted molar refractivity (Wildman–Crippen MR) is 62.7 cm³/mol. The minimum Gasteiger partial charge on any atom is -0.478 e. The van der Waals surface area contributed by atoms with Crippen molar-refractivity contribution in [3.8, 4) is 0 Å². The van der Waals surface area contributed by atoms with E-state index < -0.39 is 5.97 Å². The van der Waals surface area contributed by atoms with Gasteiger partial charge in [0.05, 0.1) is 23.0 Å². The van der Waals surface area contributed by atoms with Crippen LogP contribution in [0.3, 0.4) is 0 Å². The minimum atomic E-state index is -0.880. The van der Waals surface area contributed by atoms with Crippen LogP contribution >= 0.6 is 11.6 Å². The Kier molecular flexibility index (Phi) is 4.12. The molecular formula is C11H15ClN2O2. The first-order valence-electron chi connectivity index (χ1n) is 5.09. The summed E-state index contributed by atoms with van der Waals surface area (Å²) in [7, 11) is 0. The molecule has 0 saturated heterocycles. The van der Waals surface area contributed by atoms with Gasteiger partial charge >= 0.3 is 5.97 Å². The van der Waals surface area contributed by atoms with Gasteiger partial charge in [-0.25, -0.2) is 4.79 Å². The summed E-state index contributed by atoms with van der Waals surface area (Å²) >= 11 is 5.99. The van der Waals surface area contributed by atoms with Crippen molar-refractivity contribution in [3.05, 3.63) is 28.1 Å². The molecule has 4 nitrogen and oxygen atoms in total. The Bertz CT molecular complexity index is 435. The largest absolute Gasteiger partial charge is 0.478 e. The van der Waals surface area contributed by atoms with Crippen molar-refractivity contribution in [2.45, 2.75) is 33.7 Å². The van der Waals surface area contributed by atoms with E-state index in [1.807, 2.05) is 20.8 Å². The molecule has 1 rings (SSSR count). The Labute approximate surface area is 99.5 Å². The van der Waals surface area contributed by atoms with Crippen molar-refractivity contribution in [1.82, 2.24) is 9.78 Å². The lowest BCUT2D eigenvalue weighted by Crippen LogP contribution is -2.05. The van der Waals surface area contributed by atoms with Gasteiger partial charge in [-0.05, 0) is 20.3 Å². The number of aliphatic carboxylic acids is 1. The Balaban J connectivity index is 2.89. The molecular weight excluding hydrogens is 228 g/mol. The first-order valence-corrected chi connectivity index (χ1v) is 5.47. The highest BCUT2D eigenvalue weighted by Gasteiger charge is 2.09. The van der Waals surface area contributed by atoms with Crippen LogP contribution in [0.5, 0.6) is 0 Å². The van der Waals surface area contributed by atoms with E-state index in [0.29, 0.717) is 23.6 Å². The van der Waals surface area contributed by atoms with Crippen LogP contribution in [0.25, 0.3) is 0 Å². The molecule has 0 aliphatic heterocycles. The Morgan fingerprint density at radius 3 is 2.56 bits per heavy atom. The third-order valence-corrected chi connectivity index (χ3v) is 3.01. The first-order chi connectivity index (χ1) is 7.47. The van der Waals surface area contributed by atoms with E-state index in [9.17, 15) is 4.79 Å². The molecule has 88 valence electrons. The lowest BCUT2D eigenvalue weighted by molar-refractivity contribution is -0.132. The van der Waals surface area contributed by atoms with E-state index in [-0.39, 0.29) is 0 Å². The van der Waals surface area contributed by atoms with Crippen molar-refractivity contribution in [1.29, 1.82) is 0 Å².